The van der Waals surface area contributed by atoms with Crippen molar-refractivity contribution in [2.24, 2.45) is 4.99 Å². The van der Waals surface area contributed by atoms with Gasteiger partial charge in [-0.1, -0.05) is 18.2 Å². The van der Waals surface area contributed by atoms with Crippen LogP contribution in [0.25, 0.3) is 5.69 Å². The van der Waals surface area contributed by atoms with Crippen molar-refractivity contribution in [2.75, 3.05) is 5.32 Å². The average molecular weight is 348 g/mol. The molecule has 26 heavy (non-hydrogen) atoms. The summed E-state index contributed by atoms with van der Waals surface area (Å²) >= 11 is 0. The number of aliphatic imine (C=N–C) groups is 1. The molecule has 132 valence electrons. The molecule has 1 aromatic heterocycles. The van der Waals surface area contributed by atoms with Gasteiger partial charge >= 0.3 is 0 Å². The van der Waals surface area contributed by atoms with Crippen LogP contribution in [-0.2, 0) is 4.79 Å². The molecule has 0 saturated carbocycles. The van der Waals surface area contributed by atoms with Crippen LogP contribution in [0.15, 0.2) is 58.3 Å². The van der Waals surface area contributed by atoms with Crippen LogP contribution in [0.2, 0.25) is 0 Å². The Morgan fingerprint density at radius 2 is 1.81 bits per heavy atom. The Hall–Kier alpha value is -3.41. The van der Waals surface area contributed by atoms with Crippen molar-refractivity contribution in [1.29, 1.82) is 0 Å². The number of carbonyl (C=O) groups excluding carboxylic acids is 1. The first kappa shape index (κ1) is 17.4. The fraction of sp³-hybridized carbons (Fsp3) is 0.150. The van der Waals surface area contributed by atoms with Gasteiger partial charge in [0.15, 0.2) is 0 Å². The summed E-state index contributed by atoms with van der Waals surface area (Å²) < 4.78 is 1.53. The second-order valence-electron chi connectivity index (χ2n) is 6.06. The third-order valence-electron chi connectivity index (χ3n) is 4.00. The Bertz CT molecular complexity index is 1030. The quantitative estimate of drug-likeness (QED) is 0.708. The minimum atomic E-state index is -0.143. The van der Waals surface area contributed by atoms with Crippen molar-refractivity contribution in [1.82, 2.24) is 9.78 Å². The lowest BCUT2D eigenvalue weighted by Gasteiger charge is -2.04. The smallest absolute Gasteiger partial charge is 0.280 e. The van der Waals surface area contributed by atoms with Crippen LogP contribution in [0.3, 0.4) is 0 Å². The van der Waals surface area contributed by atoms with Crippen molar-refractivity contribution >= 4 is 23.5 Å². The summed E-state index contributed by atoms with van der Waals surface area (Å²) in [4.78, 5) is 28.2. The molecule has 3 rings (SSSR count). The van der Waals surface area contributed by atoms with E-state index in [4.69, 9.17) is 0 Å². The van der Waals surface area contributed by atoms with Gasteiger partial charge in [-0.2, -0.15) is 0 Å². The van der Waals surface area contributed by atoms with Crippen LogP contribution in [0, 0.1) is 13.8 Å². The van der Waals surface area contributed by atoms with Gasteiger partial charge in [0.1, 0.15) is 0 Å². The molecule has 0 aliphatic heterocycles. The third-order valence-corrected chi connectivity index (χ3v) is 4.00. The predicted molar refractivity (Wildman–Crippen MR) is 104 cm³/mol. The summed E-state index contributed by atoms with van der Waals surface area (Å²) in [6, 6.07) is 14.8. The van der Waals surface area contributed by atoms with Crippen LogP contribution in [0.4, 0.5) is 11.4 Å². The van der Waals surface area contributed by atoms with Crippen LogP contribution in [0.5, 0.6) is 0 Å². The van der Waals surface area contributed by atoms with E-state index in [1.165, 1.54) is 11.6 Å². The first-order chi connectivity index (χ1) is 12.5. The molecule has 0 saturated heterocycles. The summed E-state index contributed by atoms with van der Waals surface area (Å²) in [7, 11) is 0. The molecule has 2 aromatic carbocycles. The Labute approximate surface area is 151 Å². The minimum absolute atomic E-state index is 0.124. The van der Waals surface area contributed by atoms with E-state index in [0.29, 0.717) is 16.9 Å². The molecular formula is C20H20N4O2. The largest absolute Gasteiger partial charge is 0.326 e. The van der Waals surface area contributed by atoms with Crippen LogP contribution < -0.4 is 10.9 Å². The maximum atomic E-state index is 12.7. The van der Waals surface area contributed by atoms with Crippen LogP contribution in [-0.4, -0.2) is 21.9 Å². The molecule has 1 amide bonds. The number of carbonyl (C=O) groups is 1. The van der Waals surface area contributed by atoms with Gasteiger partial charge in [-0.3, -0.25) is 19.7 Å². The summed E-state index contributed by atoms with van der Waals surface area (Å²) in [5.41, 5.74) is 4.34. The number of nitrogens with one attached hydrogen (secondary N) is 2. The van der Waals surface area contributed by atoms with Gasteiger partial charge in [0.2, 0.25) is 5.91 Å². The van der Waals surface area contributed by atoms with Crippen LogP contribution in [0.1, 0.15) is 23.7 Å². The van der Waals surface area contributed by atoms with E-state index >= 15 is 0 Å². The lowest BCUT2D eigenvalue weighted by Crippen LogP contribution is -2.18. The fourth-order valence-corrected chi connectivity index (χ4v) is 2.67. The number of H-pyrrole nitrogens is 1. The molecule has 0 bridgehead atoms. The number of benzene rings is 2. The molecule has 3 aromatic rings. The minimum Gasteiger partial charge on any atom is -0.326 e. The van der Waals surface area contributed by atoms with Gasteiger partial charge < -0.3 is 5.32 Å². The Balaban J connectivity index is 1.89. The second kappa shape index (κ2) is 7.23. The lowest BCUT2D eigenvalue weighted by molar-refractivity contribution is -0.114. The number of aromatic amines is 1. The number of anilines is 1. The van der Waals surface area contributed by atoms with Crippen LogP contribution >= 0.6 is 0 Å². The molecule has 0 aliphatic carbocycles. The standard InChI is InChI=1S/C20H20N4O2/c1-13-6-4-5-7-19(13)24-20(26)18(14(2)23-24)12-21-16-8-10-17(11-9-16)22-15(3)25/h4-12,23H,1-3H3,(H,22,25). The third kappa shape index (κ3) is 3.64. The SMILES string of the molecule is CC(=O)Nc1ccc(N=Cc2c(C)[nH]n(-c3ccccc3C)c2=O)cc1. The van der Waals surface area contributed by atoms with Crippen molar-refractivity contribution in [2.45, 2.75) is 20.8 Å². The number of aryl methyl sites for hydroxylation is 2. The van der Waals surface area contributed by atoms with E-state index in [9.17, 15) is 9.59 Å². The van der Waals surface area contributed by atoms with E-state index < -0.39 is 0 Å². The van der Waals surface area contributed by atoms with Gasteiger partial charge in [0.25, 0.3) is 5.56 Å². The van der Waals surface area contributed by atoms with Gasteiger partial charge in [-0.15, -0.1) is 0 Å². The molecule has 0 aliphatic rings. The van der Waals surface area contributed by atoms with E-state index in [0.717, 1.165) is 16.9 Å². The van der Waals surface area contributed by atoms with Gasteiger partial charge in [-0.05, 0) is 49.7 Å². The van der Waals surface area contributed by atoms with E-state index in [2.05, 4.69) is 15.4 Å². The number of hydrogen-bond donors (Lipinski definition) is 2. The highest BCUT2D eigenvalue weighted by molar-refractivity contribution is 5.89. The summed E-state index contributed by atoms with van der Waals surface area (Å²) in [6.45, 7) is 5.26. The zero-order valence-corrected chi connectivity index (χ0v) is 14.9. The van der Waals surface area contributed by atoms with Gasteiger partial charge in [0.05, 0.1) is 16.9 Å². The van der Waals surface area contributed by atoms with Crippen molar-refractivity contribution in [3.05, 3.63) is 75.7 Å². The highest BCUT2D eigenvalue weighted by atomic mass is 16.1. The number of para-hydroxylation sites is 1. The summed E-state index contributed by atoms with van der Waals surface area (Å²) in [6.07, 6.45) is 1.57. The Morgan fingerprint density at radius 3 is 2.46 bits per heavy atom. The highest BCUT2D eigenvalue weighted by Crippen LogP contribution is 2.17. The maximum Gasteiger partial charge on any atom is 0.280 e. The average Bonchev–Trinajstić information content (AvgIpc) is 2.88. The number of rotatable bonds is 4. The number of aromatic nitrogens is 2. The monoisotopic (exact) mass is 348 g/mol. The van der Waals surface area contributed by atoms with E-state index in [1.54, 1.807) is 30.5 Å². The molecule has 0 radical (unpaired) electrons. The molecule has 0 unspecified atom stereocenters. The first-order valence-corrected chi connectivity index (χ1v) is 8.25. The number of hydrogen-bond acceptors (Lipinski definition) is 3. The first-order valence-electron chi connectivity index (χ1n) is 8.25. The van der Waals surface area contributed by atoms with Gasteiger partial charge in [-0.25, -0.2) is 4.68 Å². The predicted octanol–water partition coefficient (Wildman–Crippen LogP) is 3.49. The fourth-order valence-electron chi connectivity index (χ4n) is 2.67. The zero-order chi connectivity index (χ0) is 18.7. The number of amides is 1. The maximum absolute atomic E-state index is 12.7. The Morgan fingerprint density at radius 1 is 1.12 bits per heavy atom. The summed E-state index contributed by atoms with van der Waals surface area (Å²) in [5.74, 6) is -0.124. The lowest BCUT2D eigenvalue weighted by atomic mass is 10.2. The highest BCUT2D eigenvalue weighted by Gasteiger charge is 2.11. The molecule has 2 N–H and O–H groups in total. The summed E-state index contributed by atoms with van der Waals surface area (Å²) in [5, 5.41) is 5.80. The number of nitrogens with zero attached hydrogens (tertiary/aromatic N) is 2. The van der Waals surface area contributed by atoms with E-state index in [1.807, 2.05) is 38.1 Å². The molecule has 0 atom stereocenters. The zero-order valence-electron chi connectivity index (χ0n) is 14.9. The van der Waals surface area contributed by atoms with Gasteiger partial charge in [0, 0.05) is 24.5 Å². The van der Waals surface area contributed by atoms with E-state index in [-0.39, 0.29) is 11.5 Å². The molecule has 0 spiro atoms. The van der Waals surface area contributed by atoms with Crippen molar-refractivity contribution in [3.8, 4) is 5.69 Å². The molecule has 0 fully saturated rings. The molecule has 6 nitrogen and oxygen atoms in total. The van der Waals surface area contributed by atoms with Crippen molar-refractivity contribution in [3.63, 3.8) is 0 Å². The second-order valence-corrected chi connectivity index (χ2v) is 6.06. The Kier molecular flexibility index (Phi) is 4.84. The molecular weight excluding hydrogens is 328 g/mol. The molecule has 6 heteroatoms. The topological polar surface area (TPSA) is 79.2 Å². The normalized spacial score (nSPS) is 11.0. The molecule has 1 heterocycles. The van der Waals surface area contributed by atoms with Crippen molar-refractivity contribution < 1.29 is 4.79 Å².